The molecule has 128 valence electrons. The molecule has 4 rings (SSSR count). The normalized spacial score (nSPS) is 16.8. The highest BCUT2D eigenvalue weighted by molar-refractivity contribution is 6.12. The molecule has 0 radical (unpaired) electrons. The quantitative estimate of drug-likeness (QED) is 0.671. The molecule has 0 aliphatic carbocycles. The van der Waals surface area contributed by atoms with E-state index in [1.165, 1.54) is 5.56 Å². The van der Waals surface area contributed by atoms with E-state index in [4.69, 9.17) is 9.98 Å². The second kappa shape index (κ2) is 6.96. The van der Waals surface area contributed by atoms with Gasteiger partial charge in [0, 0.05) is 18.2 Å². The van der Waals surface area contributed by atoms with E-state index >= 15 is 0 Å². The topological polar surface area (TPSA) is 28.0 Å². The number of hydrogen-bond donors (Lipinski definition) is 0. The first-order chi connectivity index (χ1) is 12.7. The van der Waals surface area contributed by atoms with E-state index in [0.29, 0.717) is 0 Å². The van der Waals surface area contributed by atoms with Gasteiger partial charge in [0.25, 0.3) is 0 Å². The van der Waals surface area contributed by atoms with Crippen molar-refractivity contribution in [1.82, 2.24) is 4.90 Å². The van der Waals surface area contributed by atoms with Crippen LogP contribution in [0.4, 0.5) is 0 Å². The second-order valence-electron chi connectivity index (χ2n) is 6.52. The third kappa shape index (κ3) is 3.16. The molecule has 0 bridgehead atoms. The van der Waals surface area contributed by atoms with E-state index < -0.39 is 0 Å². The lowest BCUT2D eigenvalue weighted by Gasteiger charge is -2.32. The highest BCUT2D eigenvalue weighted by Crippen LogP contribution is 2.28. The van der Waals surface area contributed by atoms with Crippen molar-refractivity contribution >= 4 is 11.7 Å². The van der Waals surface area contributed by atoms with Crippen LogP contribution < -0.4 is 0 Å². The van der Waals surface area contributed by atoms with Crippen molar-refractivity contribution in [3.05, 3.63) is 107 Å². The summed E-state index contributed by atoms with van der Waals surface area (Å²) in [5, 5.41) is 0. The Morgan fingerprint density at radius 3 is 2.00 bits per heavy atom. The minimum Gasteiger partial charge on any atom is -0.333 e. The van der Waals surface area contributed by atoms with Gasteiger partial charge in [-0.2, -0.15) is 0 Å². The Balaban J connectivity index is 1.84. The smallest absolute Gasteiger partial charge is 0.159 e. The van der Waals surface area contributed by atoms with Crippen molar-refractivity contribution in [2.24, 2.45) is 9.98 Å². The number of amidine groups is 2. The fraction of sp³-hybridized carbons (Fsp3) is 0.130. The zero-order chi connectivity index (χ0) is 17.9. The lowest BCUT2D eigenvalue weighted by molar-refractivity contribution is 0.383. The minimum atomic E-state index is -0.0970. The maximum atomic E-state index is 4.96. The van der Waals surface area contributed by atoms with Crippen molar-refractivity contribution in [2.75, 3.05) is 7.05 Å². The third-order valence-corrected chi connectivity index (χ3v) is 4.60. The van der Waals surface area contributed by atoms with Crippen LogP contribution in [0.25, 0.3) is 0 Å². The molecule has 0 N–H and O–H groups in total. The van der Waals surface area contributed by atoms with Gasteiger partial charge in [-0.3, -0.25) is 0 Å². The molecule has 3 aromatic rings. The molecule has 0 fully saturated rings. The number of nitrogens with zero attached hydrogens (tertiary/aromatic N) is 3. The summed E-state index contributed by atoms with van der Waals surface area (Å²) in [6.07, 6.45) is -0.0970. The van der Waals surface area contributed by atoms with Crippen LogP contribution in [0.1, 0.15) is 28.4 Å². The Bertz CT molecular complexity index is 942. The van der Waals surface area contributed by atoms with Crippen molar-refractivity contribution in [3.63, 3.8) is 0 Å². The summed E-state index contributed by atoms with van der Waals surface area (Å²) < 4.78 is 0. The molecule has 3 nitrogen and oxygen atoms in total. The average molecular weight is 339 g/mol. The summed E-state index contributed by atoms with van der Waals surface area (Å²) in [4.78, 5) is 12.0. The van der Waals surface area contributed by atoms with Gasteiger partial charge in [0.05, 0.1) is 0 Å². The highest BCUT2D eigenvalue weighted by atomic mass is 15.3. The molecule has 1 aliphatic heterocycles. The summed E-state index contributed by atoms with van der Waals surface area (Å²) in [6.45, 7) is 2.09. The van der Waals surface area contributed by atoms with Gasteiger partial charge in [-0.05, 0) is 12.5 Å². The van der Waals surface area contributed by atoms with Crippen LogP contribution in [0, 0.1) is 6.92 Å². The van der Waals surface area contributed by atoms with Gasteiger partial charge in [-0.1, -0.05) is 90.5 Å². The molecule has 0 amide bonds. The van der Waals surface area contributed by atoms with Gasteiger partial charge >= 0.3 is 0 Å². The van der Waals surface area contributed by atoms with Crippen molar-refractivity contribution in [1.29, 1.82) is 0 Å². The van der Waals surface area contributed by atoms with Crippen LogP contribution in [0.5, 0.6) is 0 Å². The van der Waals surface area contributed by atoms with Crippen molar-refractivity contribution < 1.29 is 0 Å². The van der Waals surface area contributed by atoms with E-state index in [1.54, 1.807) is 0 Å². The number of hydrogen-bond acceptors (Lipinski definition) is 3. The van der Waals surface area contributed by atoms with Crippen molar-refractivity contribution in [2.45, 2.75) is 13.1 Å². The molecule has 1 heterocycles. The van der Waals surface area contributed by atoms with Crippen LogP contribution >= 0.6 is 0 Å². The largest absolute Gasteiger partial charge is 0.333 e. The molecule has 0 spiro atoms. The first kappa shape index (κ1) is 16.3. The van der Waals surface area contributed by atoms with E-state index in [2.05, 4.69) is 79.5 Å². The zero-order valence-corrected chi connectivity index (χ0v) is 15.0. The number of aliphatic imine (C=N–C) groups is 2. The average Bonchev–Trinajstić information content (AvgIpc) is 2.70. The van der Waals surface area contributed by atoms with E-state index in [-0.39, 0.29) is 6.17 Å². The maximum absolute atomic E-state index is 4.96. The van der Waals surface area contributed by atoms with Crippen LogP contribution in [0.3, 0.4) is 0 Å². The Labute approximate surface area is 154 Å². The first-order valence-corrected chi connectivity index (χ1v) is 8.79. The molecule has 0 aromatic heterocycles. The zero-order valence-electron chi connectivity index (χ0n) is 15.0. The Hall–Kier alpha value is -3.20. The standard InChI is InChI=1S/C23H21N3/c1-17-13-15-18(16-14-17)21-24-22(19-9-5-3-6-10-19)26(2)23(25-21)20-11-7-4-8-12-20/h3-16,22H,1-2H3. The van der Waals surface area contributed by atoms with Gasteiger partial charge < -0.3 is 4.90 Å². The molecular formula is C23H21N3. The van der Waals surface area contributed by atoms with Crippen LogP contribution in [0.15, 0.2) is 94.9 Å². The molecule has 1 unspecified atom stereocenters. The summed E-state index contributed by atoms with van der Waals surface area (Å²) in [5.74, 6) is 1.71. The minimum absolute atomic E-state index is 0.0970. The molecule has 0 saturated carbocycles. The van der Waals surface area contributed by atoms with E-state index in [1.807, 2.05) is 24.3 Å². The summed E-state index contributed by atoms with van der Waals surface area (Å²) in [6, 6.07) is 29.1. The molecule has 0 saturated heterocycles. The van der Waals surface area contributed by atoms with Gasteiger partial charge in [-0.15, -0.1) is 0 Å². The van der Waals surface area contributed by atoms with Crippen LogP contribution in [-0.4, -0.2) is 23.6 Å². The molecular weight excluding hydrogens is 318 g/mol. The maximum Gasteiger partial charge on any atom is 0.159 e. The fourth-order valence-corrected chi connectivity index (χ4v) is 3.15. The lowest BCUT2D eigenvalue weighted by atomic mass is 10.1. The Morgan fingerprint density at radius 1 is 0.731 bits per heavy atom. The van der Waals surface area contributed by atoms with Crippen LogP contribution in [0.2, 0.25) is 0 Å². The van der Waals surface area contributed by atoms with Gasteiger partial charge in [0.15, 0.2) is 5.84 Å². The van der Waals surface area contributed by atoms with E-state index in [0.717, 1.165) is 28.4 Å². The Morgan fingerprint density at radius 2 is 1.35 bits per heavy atom. The molecule has 1 aliphatic rings. The third-order valence-electron chi connectivity index (χ3n) is 4.60. The van der Waals surface area contributed by atoms with E-state index in [9.17, 15) is 0 Å². The molecule has 1 atom stereocenters. The summed E-state index contributed by atoms with van der Waals surface area (Å²) in [7, 11) is 2.05. The lowest BCUT2D eigenvalue weighted by Crippen LogP contribution is -2.35. The molecule has 3 aromatic carbocycles. The van der Waals surface area contributed by atoms with Gasteiger partial charge in [0.1, 0.15) is 12.0 Å². The van der Waals surface area contributed by atoms with Crippen molar-refractivity contribution in [3.8, 4) is 0 Å². The SMILES string of the molecule is Cc1ccc(C2=NC(c3ccccc3)N(C)C(c3ccccc3)=N2)cc1. The first-order valence-electron chi connectivity index (χ1n) is 8.79. The highest BCUT2D eigenvalue weighted by Gasteiger charge is 2.26. The van der Waals surface area contributed by atoms with Gasteiger partial charge in [-0.25, -0.2) is 9.98 Å². The van der Waals surface area contributed by atoms with Crippen LogP contribution in [-0.2, 0) is 0 Å². The molecule has 3 heteroatoms. The predicted molar refractivity (Wildman–Crippen MR) is 108 cm³/mol. The second-order valence-corrected chi connectivity index (χ2v) is 6.52. The monoisotopic (exact) mass is 339 g/mol. The summed E-state index contributed by atoms with van der Waals surface area (Å²) >= 11 is 0. The Kier molecular flexibility index (Phi) is 4.36. The molecule has 26 heavy (non-hydrogen) atoms. The number of benzene rings is 3. The predicted octanol–water partition coefficient (Wildman–Crippen LogP) is 4.83. The fourth-order valence-electron chi connectivity index (χ4n) is 3.15. The van der Waals surface area contributed by atoms with Gasteiger partial charge in [0.2, 0.25) is 0 Å². The number of aryl methyl sites for hydroxylation is 1. The number of rotatable bonds is 3. The summed E-state index contributed by atoms with van der Waals surface area (Å²) in [5.41, 5.74) is 4.52.